The van der Waals surface area contributed by atoms with Crippen LogP contribution in [0.2, 0.25) is 0 Å². The maximum atomic E-state index is 4.57. The molecular formula is C13H18N6. The molecule has 100 valence electrons. The second kappa shape index (κ2) is 5.60. The van der Waals surface area contributed by atoms with Gasteiger partial charge < -0.3 is 9.80 Å². The van der Waals surface area contributed by atoms with E-state index in [4.69, 9.17) is 0 Å². The van der Waals surface area contributed by atoms with Crippen LogP contribution in [-0.2, 0) is 6.54 Å². The van der Waals surface area contributed by atoms with E-state index in [1.807, 2.05) is 50.1 Å². The second-order valence-electron chi connectivity index (χ2n) is 4.63. The van der Waals surface area contributed by atoms with Gasteiger partial charge in [-0.05, 0) is 13.0 Å². The van der Waals surface area contributed by atoms with E-state index in [0.29, 0.717) is 12.5 Å². The van der Waals surface area contributed by atoms with Crippen molar-refractivity contribution in [3.8, 4) is 0 Å². The monoisotopic (exact) mass is 258 g/mol. The minimum atomic E-state index is 0.651. The van der Waals surface area contributed by atoms with Gasteiger partial charge in [-0.1, -0.05) is 0 Å². The van der Waals surface area contributed by atoms with Gasteiger partial charge in [-0.3, -0.25) is 0 Å². The summed E-state index contributed by atoms with van der Waals surface area (Å²) in [6.07, 6.45) is 5.12. The Kier molecular flexibility index (Phi) is 3.89. The molecule has 6 heteroatoms. The third-order valence-corrected chi connectivity index (χ3v) is 2.74. The summed E-state index contributed by atoms with van der Waals surface area (Å²) in [7, 11) is 5.90. The van der Waals surface area contributed by atoms with E-state index in [1.165, 1.54) is 0 Å². The third kappa shape index (κ3) is 3.15. The second-order valence-corrected chi connectivity index (χ2v) is 4.63. The largest absolute Gasteiger partial charge is 0.362 e. The highest BCUT2D eigenvalue weighted by molar-refractivity contribution is 5.48. The lowest BCUT2D eigenvalue weighted by molar-refractivity contribution is 0.829. The first kappa shape index (κ1) is 13.2. The van der Waals surface area contributed by atoms with Gasteiger partial charge >= 0.3 is 0 Å². The van der Waals surface area contributed by atoms with E-state index in [9.17, 15) is 0 Å². The Balaban J connectivity index is 2.20. The fraction of sp³-hybridized carbons (Fsp3) is 0.385. The molecule has 0 fully saturated rings. The Labute approximate surface area is 113 Å². The Hall–Kier alpha value is -2.24. The highest BCUT2D eigenvalue weighted by atomic mass is 15.3. The predicted molar refractivity (Wildman–Crippen MR) is 75.2 cm³/mol. The van der Waals surface area contributed by atoms with E-state index >= 15 is 0 Å². The Morgan fingerprint density at radius 2 is 1.95 bits per heavy atom. The summed E-state index contributed by atoms with van der Waals surface area (Å²) in [5.74, 6) is 1.62. The topological polar surface area (TPSA) is 58.0 Å². The van der Waals surface area contributed by atoms with Crippen LogP contribution in [0.1, 0.15) is 11.3 Å². The van der Waals surface area contributed by atoms with E-state index < -0.39 is 0 Å². The number of nitrogens with zero attached hydrogens (tertiary/aromatic N) is 6. The van der Waals surface area contributed by atoms with Gasteiger partial charge in [0.25, 0.3) is 0 Å². The molecule has 2 aromatic rings. The molecule has 0 atom stereocenters. The minimum Gasteiger partial charge on any atom is -0.362 e. The first-order chi connectivity index (χ1) is 9.08. The number of hydrogen-bond donors (Lipinski definition) is 0. The van der Waals surface area contributed by atoms with Gasteiger partial charge in [0, 0.05) is 39.1 Å². The van der Waals surface area contributed by atoms with Crippen LogP contribution in [0.15, 0.2) is 24.8 Å². The lowest BCUT2D eigenvalue weighted by atomic mass is 10.3. The molecule has 0 unspecified atom stereocenters. The van der Waals surface area contributed by atoms with Crippen LogP contribution in [0.25, 0.3) is 0 Å². The van der Waals surface area contributed by atoms with Crippen LogP contribution in [-0.4, -0.2) is 41.1 Å². The van der Waals surface area contributed by atoms with Crippen LogP contribution >= 0.6 is 0 Å². The predicted octanol–water partition coefficient (Wildman–Crippen LogP) is 1.28. The molecule has 2 aromatic heterocycles. The summed E-state index contributed by atoms with van der Waals surface area (Å²) in [4.78, 5) is 21.0. The average Bonchev–Trinajstić information content (AvgIpc) is 2.40. The van der Waals surface area contributed by atoms with E-state index in [0.717, 1.165) is 17.1 Å². The van der Waals surface area contributed by atoms with Gasteiger partial charge in [-0.15, -0.1) is 0 Å². The maximum absolute atomic E-state index is 4.57. The molecular weight excluding hydrogens is 240 g/mol. The smallest absolute Gasteiger partial charge is 0.227 e. The lowest BCUT2D eigenvalue weighted by Gasteiger charge is -2.20. The molecule has 0 saturated heterocycles. The van der Waals surface area contributed by atoms with Crippen molar-refractivity contribution in [3.05, 3.63) is 36.0 Å². The SMILES string of the molecule is Cc1cnc(N(C)Cc2ccncn2)nc1N(C)C. The molecule has 0 saturated carbocycles. The zero-order valence-corrected chi connectivity index (χ0v) is 11.7. The summed E-state index contributed by atoms with van der Waals surface area (Å²) in [5.41, 5.74) is 2.00. The van der Waals surface area contributed by atoms with Crippen molar-refractivity contribution >= 4 is 11.8 Å². The van der Waals surface area contributed by atoms with E-state index in [2.05, 4.69) is 19.9 Å². The zero-order chi connectivity index (χ0) is 13.8. The Morgan fingerprint density at radius 3 is 2.58 bits per heavy atom. The van der Waals surface area contributed by atoms with Crippen molar-refractivity contribution in [2.24, 2.45) is 0 Å². The fourth-order valence-corrected chi connectivity index (χ4v) is 1.79. The molecule has 0 N–H and O–H groups in total. The lowest BCUT2D eigenvalue weighted by Crippen LogP contribution is -2.22. The molecule has 2 rings (SSSR count). The van der Waals surface area contributed by atoms with Crippen LogP contribution in [0.3, 0.4) is 0 Å². The van der Waals surface area contributed by atoms with Gasteiger partial charge in [-0.25, -0.2) is 15.0 Å². The molecule has 19 heavy (non-hydrogen) atoms. The summed E-state index contributed by atoms with van der Waals surface area (Å²) in [6, 6.07) is 1.89. The van der Waals surface area contributed by atoms with Gasteiger partial charge in [0.15, 0.2) is 0 Å². The number of aromatic nitrogens is 4. The van der Waals surface area contributed by atoms with Crippen LogP contribution < -0.4 is 9.80 Å². The van der Waals surface area contributed by atoms with Crippen molar-refractivity contribution in [1.29, 1.82) is 0 Å². The quantitative estimate of drug-likeness (QED) is 0.823. The number of hydrogen-bond acceptors (Lipinski definition) is 6. The van der Waals surface area contributed by atoms with Crippen molar-refractivity contribution in [2.45, 2.75) is 13.5 Å². The van der Waals surface area contributed by atoms with Crippen LogP contribution in [0, 0.1) is 6.92 Å². The standard InChI is InChI=1S/C13H18N6/c1-10-7-15-13(17-12(10)18(2)3)19(4)8-11-5-6-14-9-16-11/h5-7,9H,8H2,1-4H3. The minimum absolute atomic E-state index is 0.651. The first-order valence-corrected chi connectivity index (χ1v) is 6.05. The molecule has 0 spiro atoms. The van der Waals surface area contributed by atoms with Gasteiger partial charge in [0.2, 0.25) is 5.95 Å². The molecule has 0 aromatic carbocycles. The van der Waals surface area contributed by atoms with Gasteiger partial charge in [0.05, 0.1) is 12.2 Å². The summed E-state index contributed by atoms with van der Waals surface area (Å²) in [5, 5.41) is 0. The average molecular weight is 258 g/mol. The van der Waals surface area contributed by atoms with Gasteiger partial charge in [-0.2, -0.15) is 4.98 Å². The summed E-state index contributed by atoms with van der Waals surface area (Å²) >= 11 is 0. The third-order valence-electron chi connectivity index (χ3n) is 2.74. The molecule has 6 nitrogen and oxygen atoms in total. The molecule has 0 aliphatic carbocycles. The molecule has 2 heterocycles. The van der Waals surface area contributed by atoms with Crippen molar-refractivity contribution in [3.63, 3.8) is 0 Å². The molecule has 0 aliphatic rings. The molecule has 0 aliphatic heterocycles. The number of anilines is 2. The Bertz CT molecular complexity index is 540. The normalized spacial score (nSPS) is 10.3. The van der Waals surface area contributed by atoms with Crippen molar-refractivity contribution < 1.29 is 0 Å². The molecule has 0 amide bonds. The van der Waals surface area contributed by atoms with Gasteiger partial charge in [0.1, 0.15) is 12.1 Å². The number of aryl methyl sites for hydroxylation is 1. The first-order valence-electron chi connectivity index (χ1n) is 6.05. The van der Waals surface area contributed by atoms with Crippen molar-refractivity contribution in [2.75, 3.05) is 30.9 Å². The van der Waals surface area contributed by atoms with E-state index in [-0.39, 0.29) is 0 Å². The zero-order valence-electron chi connectivity index (χ0n) is 11.7. The number of rotatable bonds is 4. The molecule has 0 radical (unpaired) electrons. The summed E-state index contributed by atoms with van der Waals surface area (Å²) < 4.78 is 0. The fourth-order valence-electron chi connectivity index (χ4n) is 1.79. The Morgan fingerprint density at radius 1 is 1.16 bits per heavy atom. The summed E-state index contributed by atoms with van der Waals surface area (Å²) in [6.45, 7) is 2.65. The van der Waals surface area contributed by atoms with Crippen LogP contribution in [0.5, 0.6) is 0 Å². The van der Waals surface area contributed by atoms with Crippen LogP contribution in [0.4, 0.5) is 11.8 Å². The molecule has 0 bridgehead atoms. The highest BCUT2D eigenvalue weighted by Crippen LogP contribution is 2.17. The highest BCUT2D eigenvalue weighted by Gasteiger charge is 2.10. The maximum Gasteiger partial charge on any atom is 0.227 e. The van der Waals surface area contributed by atoms with Crippen molar-refractivity contribution in [1.82, 2.24) is 19.9 Å². The van der Waals surface area contributed by atoms with E-state index in [1.54, 1.807) is 12.5 Å².